The monoisotopic (exact) mass is 378 g/mol. The predicted molar refractivity (Wildman–Crippen MR) is 110 cm³/mol. The molecule has 0 unspecified atom stereocenters. The molecule has 3 saturated carbocycles. The smallest absolute Gasteiger partial charge is 0.219 e. The van der Waals surface area contributed by atoms with Crippen molar-refractivity contribution in [3.05, 3.63) is 24.3 Å². The van der Waals surface area contributed by atoms with Crippen molar-refractivity contribution in [2.45, 2.75) is 59.5 Å². The van der Waals surface area contributed by atoms with Crippen LogP contribution in [0.25, 0.3) is 0 Å². The summed E-state index contributed by atoms with van der Waals surface area (Å²) >= 11 is 6.88. The summed E-state index contributed by atoms with van der Waals surface area (Å²) in [4.78, 5) is 11.4. The van der Waals surface area contributed by atoms with E-state index in [2.05, 4.69) is 39.8 Å². The van der Waals surface area contributed by atoms with Crippen molar-refractivity contribution in [3.8, 4) is 0 Å². The fourth-order valence-corrected chi connectivity index (χ4v) is 5.81. The molecule has 25 heavy (non-hydrogen) atoms. The molecule has 0 N–H and O–H groups in total. The zero-order chi connectivity index (χ0) is 18.5. The van der Waals surface area contributed by atoms with E-state index >= 15 is 0 Å². The van der Waals surface area contributed by atoms with Gasteiger partial charge in [0.25, 0.3) is 0 Å². The highest BCUT2D eigenvalue weighted by molar-refractivity contribution is 8.22. The molecule has 0 radical (unpaired) electrons. The Morgan fingerprint density at radius 2 is 1.88 bits per heavy atom. The first-order chi connectivity index (χ1) is 11.6. The molecule has 4 aliphatic rings. The largest absolute Gasteiger partial charge is 0.475 e. The summed E-state index contributed by atoms with van der Waals surface area (Å²) in [5.74, 6) is 1.47. The molecule has 0 aromatic heterocycles. The Kier molecular flexibility index (Phi) is 5.00. The summed E-state index contributed by atoms with van der Waals surface area (Å²) in [6, 6.07) is 0. The van der Waals surface area contributed by atoms with Crippen LogP contribution in [0.15, 0.2) is 24.3 Å². The third kappa shape index (κ3) is 3.49. The van der Waals surface area contributed by atoms with Gasteiger partial charge in [0.2, 0.25) is 4.38 Å². The van der Waals surface area contributed by atoms with Gasteiger partial charge in [-0.2, -0.15) is 0 Å². The molecule has 0 aromatic rings. The Morgan fingerprint density at radius 1 is 1.24 bits per heavy atom. The van der Waals surface area contributed by atoms with E-state index in [1.807, 2.05) is 6.26 Å². The summed E-state index contributed by atoms with van der Waals surface area (Å²) in [6.07, 6.45) is 14.4. The molecule has 4 atom stereocenters. The van der Waals surface area contributed by atoms with Crippen LogP contribution in [0, 0.1) is 28.1 Å². The molecular formula is C21H30O2S2. The minimum Gasteiger partial charge on any atom is -0.475 e. The van der Waals surface area contributed by atoms with Gasteiger partial charge in [0.15, 0.2) is 5.78 Å². The summed E-state index contributed by atoms with van der Waals surface area (Å²) in [6.45, 7) is 9.48. The van der Waals surface area contributed by atoms with Gasteiger partial charge in [0.05, 0.1) is 0 Å². The first-order valence-electron chi connectivity index (χ1n) is 9.27. The van der Waals surface area contributed by atoms with Crippen molar-refractivity contribution in [3.63, 3.8) is 0 Å². The molecule has 4 aliphatic carbocycles. The van der Waals surface area contributed by atoms with Gasteiger partial charge >= 0.3 is 0 Å². The molecule has 2 nitrogen and oxygen atoms in total. The highest BCUT2D eigenvalue weighted by Gasteiger charge is 2.63. The molecule has 0 heterocycles. The topological polar surface area (TPSA) is 26.3 Å². The normalized spacial score (nSPS) is 37.5. The van der Waals surface area contributed by atoms with Crippen molar-refractivity contribution in [2.24, 2.45) is 28.1 Å². The van der Waals surface area contributed by atoms with Crippen LogP contribution in [-0.2, 0) is 9.53 Å². The van der Waals surface area contributed by atoms with Crippen LogP contribution in [0.4, 0.5) is 0 Å². The number of ether oxygens (including phenoxy) is 1. The van der Waals surface area contributed by atoms with E-state index in [9.17, 15) is 4.79 Å². The Hall–Kier alpha value is -0.610. The maximum absolute atomic E-state index is 11.4. The van der Waals surface area contributed by atoms with Crippen LogP contribution in [0.3, 0.4) is 0 Å². The Bertz CT molecular complexity index is 618. The van der Waals surface area contributed by atoms with E-state index in [4.69, 9.17) is 17.0 Å². The quantitative estimate of drug-likeness (QED) is 0.597. The highest BCUT2D eigenvalue weighted by Crippen LogP contribution is 2.68. The number of thiocarbonyl (C=S) groups is 1. The minimum absolute atomic E-state index is 0.00736. The molecule has 0 saturated heterocycles. The van der Waals surface area contributed by atoms with Gasteiger partial charge in [-0.25, -0.2) is 0 Å². The third-order valence-electron chi connectivity index (χ3n) is 7.21. The second-order valence-corrected chi connectivity index (χ2v) is 10.7. The lowest BCUT2D eigenvalue weighted by atomic mass is 9.39. The molecular weight excluding hydrogens is 348 g/mol. The second-order valence-electron chi connectivity index (χ2n) is 9.26. The number of allylic oxidation sites excluding steroid dienone is 4. The number of rotatable bonds is 4. The van der Waals surface area contributed by atoms with Gasteiger partial charge in [-0.15, -0.1) is 0 Å². The highest BCUT2D eigenvalue weighted by atomic mass is 32.2. The van der Waals surface area contributed by atoms with Crippen molar-refractivity contribution < 1.29 is 9.53 Å². The summed E-state index contributed by atoms with van der Waals surface area (Å²) in [5.41, 5.74) is 0.580. The molecule has 3 fully saturated rings. The van der Waals surface area contributed by atoms with Crippen LogP contribution in [0.2, 0.25) is 0 Å². The number of fused-ring (bicyclic) bond motifs is 2. The number of ketones is 1. The van der Waals surface area contributed by atoms with Crippen molar-refractivity contribution in [1.29, 1.82) is 0 Å². The van der Waals surface area contributed by atoms with Gasteiger partial charge in [-0.1, -0.05) is 51.6 Å². The molecule has 2 bridgehead atoms. The maximum Gasteiger partial charge on any atom is 0.219 e. The number of carbonyl (C=O) groups is 1. The number of hydrogen-bond donors (Lipinski definition) is 0. The average molecular weight is 379 g/mol. The first kappa shape index (κ1) is 19.2. The van der Waals surface area contributed by atoms with E-state index in [1.54, 1.807) is 12.2 Å². The summed E-state index contributed by atoms with van der Waals surface area (Å²) < 4.78 is 6.85. The SMILES string of the molecule is CSC(=S)O[C@H]1C[C@](C)(CCC2(C)C=CC(=O)C=C2)[C@@H]2C[C@H]1C2(C)C. The number of hydrogen-bond acceptors (Lipinski definition) is 4. The van der Waals surface area contributed by atoms with E-state index in [0.717, 1.165) is 25.2 Å². The molecule has 138 valence electrons. The molecule has 0 aromatic carbocycles. The summed E-state index contributed by atoms with van der Waals surface area (Å²) in [7, 11) is 0. The zero-order valence-corrected chi connectivity index (χ0v) is 17.6. The third-order valence-corrected chi connectivity index (χ3v) is 8.23. The lowest BCUT2D eigenvalue weighted by molar-refractivity contribution is -0.204. The fourth-order valence-electron chi connectivity index (χ4n) is 5.47. The minimum atomic E-state index is -0.00736. The van der Waals surface area contributed by atoms with Crippen molar-refractivity contribution >= 4 is 34.1 Å². The van der Waals surface area contributed by atoms with E-state index in [-0.39, 0.29) is 22.7 Å². The van der Waals surface area contributed by atoms with E-state index in [0.29, 0.717) is 15.7 Å². The van der Waals surface area contributed by atoms with Gasteiger partial charge < -0.3 is 4.74 Å². The molecule has 0 aliphatic heterocycles. The van der Waals surface area contributed by atoms with Crippen LogP contribution in [-0.4, -0.2) is 22.5 Å². The lowest BCUT2D eigenvalue weighted by Gasteiger charge is -2.67. The van der Waals surface area contributed by atoms with E-state index < -0.39 is 0 Å². The fraction of sp³-hybridized carbons (Fsp3) is 0.714. The number of carbonyl (C=O) groups excluding carboxylic acids is 1. The second kappa shape index (κ2) is 6.53. The van der Waals surface area contributed by atoms with Gasteiger partial charge in [-0.3, -0.25) is 4.79 Å². The number of thioether (sulfide) groups is 1. The average Bonchev–Trinajstić information content (AvgIpc) is 2.55. The Labute approximate surface area is 161 Å². The zero-order valence-electron chi connectivity index (χ0n) is 16.0. The molecule has 4 heteroatoms. The van der Waals surface area contributed by atoms with Gasteiger partial charge in [0, 0.05) is 11.3 Å². The Morgan fingerprint density at radius 3 is 2.44 bits per heavy atom. The summed E-state index contributed by atoms with van der Waals surface area (Å²) in [5, 5.41) is 0. The van der Waals surface area contributed by atoms with E-state index in [1.165, 1.54) is 18.2 Å². The van der Waals surface area contributed by atoms with Crippen LogP contribution in [0.1, 0.15) is 53.4 Å². The molecule has 0 spiro atoms. The van der Waals surface area contributed by atoms with Crippen LogP contribution in [0.5, 0.6) is 0 Å². The predicted octanol–water partition coefficient (Wildman–Crippen LogP) is 5.57. The van der Waals surface area contributed by atoms with Crippen LogP contribution < -0.4 is 0 Å². The van der Waals surface area contributed by atoms with Gasteiger partial charge in [0.1, 0.15) is 6.10 Å². The Balaban J connectivity index is 1.73. The van der Waals surface area contributed by atoms with Gasteiger partial charge in [-0.05, 0) is 73.1 Å². The van der Waals surface area contributed by atoms with Crippen molar-refractivity contribution in [2.75, 3.05) is 6.26 Å². The standard InChI is InChI=1S/C21H30O2S2/c1-19(2)15-12-17(19)21(4,13-16(15)23-18(24)25-5)11-10-20(3)8-6-14(22)7-9-20/h6-9,15-17H,10-13H2,1-5H3/t15-,16+,17-,21+/m1/s1. The van der Waals surface area contributed by atoms with Crippen molar-refractivity contribution in [1.82, 2.24) is 0 Å². The van der Waals surface area contributed by atoms with Crippen LogP contribution >= 0.6 is 24.0 Å². The molecule has 0 amide bonds. The lowest BCUT2D eigenvalue weighted by Crippen LogP contribution is -2.63. The molecule has 4 rings (SSSR count). The maximum atomic E-state index is 11.4. The first-order valence-corrected chi connectivity index (χ1v) is 10.9.